The zero-order valence-electron chi connectivity index (χ0n) is 18.4. The Labute approximate surface area is 194 Å². The van der Waals surface area contributed by atoms with Gasteiger partial charge in [0.15, 0.2) is 5.82 Å². The molecule has 0 atom stereocenters. The van der Waals surface area contributed by atoms with E-state index in [2.05, 4.69) is 10.1 Å². The van der Waals surface area contributed by atoms with Crippen LogP contribution in [-0.4, -0.2) is 20.8 Å². The van der Waals surface area contributed by atoms with E-state index in [4.69, 9.17) is 16.2 Å². The number of primary amides is 1. The molecule has 8 nitrogen and oxygen atoms in total. The van der Waals surface area contributed by atoms with Crippen LogP contribution in [0.2, 0.25) is 0 Å². The molecule has 2 heterocycles. The van der Waals surface area contributed by atoms with Crippen LogP contribution in [0.25, 0.3) is 5.69 Å². The van der Waals surface area contributed by atoms with Gasteiger partial charge in [0.1, 0.15) is 29.0 Å². The number of anilines is 3. The number of pyridine rings is 1. The fourth-order valence-electron chi connectivity index (χ4n) is 3.34. The van der Waals surface area contributed by atoms with Crippen molar-refractivity contribution in [1.82, 2.24) is 14.8 Å². The number of urea groups is 1. The van der Waals surface area contributed by atoms with E-state index >= 15 is 4.39 Å². The Hall–Kier alpha value is -4.47. The monoisotopic (exact) mass is 464 g/mol. The van der Waals surface area contributed by atoms with Crippen LogP contribution in [0.5, 0.6) is 11.5 Å². The number of carbonyl (C=O) groups excluding carboxylic acids is 1. The zero-order chi connectivity index (χ0) is 24.4. The molecule has 0 bridgehead atoms. The largest absolute Gasteiger partial charge is 0.457 e. The zero-order valence-corrected chi connectivity index (χ0v) is 18.4. The van der Waals surface area contributed by atoms with Gasteiger partial charge in [-0.25, -0.2) is 28.1 Å². The number of nitrogens with zero attached hydrogens (tertiary/aromatic N) is 4. The lowest BCUT2D eigenvalue weighted by molar-refractivity contribution is 0.255. The van der Waals surface area contributed by atoms with Crippen molar-refractivity contribution in [2.75, 3.05) is 10.6 Å². The molecule has 0 radical (unpaired) electrons. The molecule has 0 aliphatic rings. The first-order chi connectivity index (χ1) is 16.2. The highest BCUT2D eigenvalue weighted by atomic mass is 19.1. The first-order valence-corrected chi connectivity index (χ1v) is 10.4. The first kappa shape index (κ1) is 22.7. The fraction of sp³-hybridized carbons (Fsp3) is 0.125. The molecule has 0 aliphatic heterocycles. The number of ether oxygens (including phenoxy) is 1. The van der Waals surface area contributed by atoms with Crippen LogP contribution in [0.1, 0.15) is 25.5 Å². The number of aromatic nitrogens is 3. The van der Waals surface area contributed by atoms with Crippen molar-refractivity contribution in [1.29, 1.82) is 0 Å². The Morgan fingerprint density at radius 2 is 1.82 bits per heavy atom. The normalized spacial score (nSPS) is 11.0. The van der Waals surface area contributed by atoms with Crippen molar-refractivity contribution >= 4 is 23.4 Å². The quantitative estimate of drug-likeness (QED) is 0.404. The number of benzene rings is 2. The average Bonchev–Trinajstić information content (AvgIpc) is 3.21. The minimum absolute atomic E-state index is 0.0169. The van der Waals surface area contributed by atoms with Gasteiger partial charge in [-0.1, -0.05) is 19.9 Å². The predicted molar refractivity (Wildman–Crippen MR) is 124 cm³/mol. The number of rotatable bonds is 6. The molecule has 0 saturated heterocycles. The molecule has 34 heavy (non-hydrogen) atoms. The van der Waals surface area contributed by atoms with Gasteiger partial charge in [-0.3, -0.25) is 0 Å². The highest BCUT2D eigenvalue weighted by molar-refractivity contribution is 5.98. The molecule has 2 aromatic carbocycles. The highest BCUT2D eigenvalue weighted by Crippen LogP contribution is 2.34. The summed E-state index contributed by atoms with van der Waals surface area (Å²) in [6.45, 7) is 3.82. The van der Waals surface area contributed by atoms with E-state index in [1.54, 1.807) is 18.2 Å². The molecular formula is C24H22F2N6O2. The minimum atomic E-state index is -0.942. The van der Waals surface area contributed by atoms with Crippen LogP contribution >= 0.6 is 0 Å². The van der Waals surface area contributed by atoms with Crippen LogP contribution in [-0.2, 0) is 0 Å². The summed E-state index contributed by atoms with van der Waals surface area (Å²) >= 11 is 0. The summed E-state index contributed by atoms with van der Waals surface area (Å²) < 4.78 is 36.1. The molecule has 0 fully saturated rings. The van der Waals surface area contributed by atoms with Gasteiger partial charge in [-0.05, 0) is 42.3 Å². The third-order valence-electron chi connectivity index (χ3n) is 4.95. The van der Waals surface area contributed by atoms with Crippen LogP contribution in [0, 0.1) is 11.6 Å². The second-order valence-electron chi connectivity index (χ2n) is 7.78. The molecule has 0 aliphatic carbocycles. The van der Waals surface area contributed by atoms with Gasteiger partial charge in [0, 0.05) is 24.4 Å². The second-order valence-corrected chi connectivity index (χ2v) is 7.78. The minimum Gasteiger partial charge on any atom is -0.457 e. The predicted octanol–water partition coefficient (Wildman–Crippen LogP) is 5.26. The summed E-state index contributed by atoms with van der Waals surface area (Å²) in [7, 11) is 0. The summed E-state index contributed by atoms with van der Waals surface area (Å²) in [4.78, 5) is 17.4. The lowest BCUT2D eigenvalue weighted by Gasteiger charge is -2.22. The molecule has 10 heteroatoms. The van der Waals surface area contributed by atoms with Crippen molar-refractivity contribution in [3.63, 3.8) is 0 Å². The Balaban J connectivity index is 1.77. The number of nitrogen functional groups attached to an aromatic ring is 1. The van der Waals surface area contributed by atoms with Crippen molar-refractivity contribution in [3.8, 4) is 17.2 Å². The Morgan fingerprint density at radius 3 is 2.47 bits per heavy atom. The molecule has 4 rings (SSSR count). The van der Waals surface area contributed by atoms with E-state index in [0.717, 1.165) is 11.0 Å². The maximum Gasteiger partial charge on any atom is 0.325 e. The SMILES string of the molecule is CC(C)c1cc(N(C(N)=O)c2ccc(Oc3ccnc(N)c3)cc2F)n(-c2cccc(F)c2)n1. The van der Waals surface area contributed by atoms with Gasteiger partial charge < -0.3 is 16.2 Å². The highest BCUT2D eigenvalue weighted by Gasteiger charge is 2.26. The number of hydrogen-bond donors (Lipinski definition) is 2. The van der Waals surface area contributed by atoms with E-state index < -0.39 is 17.7 Å². The Morgan fingerprint density at radius 1 is 1.06 bits per heavy atom. The molecule has 0 spiro atoms. The summed E-state index contributed by atoms with van der Waals surface area (Å²) in [5, 5.41) is 4.50. The summed E-state index contributed by atoms with van der Waals surface area (Å²) in [5.41, 5.74) is 12.1. The lowest BCUT2D eigenvalue weighted by atomic mass is 10.1. The van der Waals surface area contributed by atoms with Crippen LogP contribution in [0.15, 0.2) is 66.9 Å². The molecule has 4 aromatic rings. The van der Waals surface area contributed by atoms with Gasteiger partial charge in [-0.15, -0.1) is 0 Å². The van der Waals surface area contributed by atoms with Gasteiger partial charge in [-0.2, -0.15) is 5.10 Å². The maximum absolute atomic E-state index is 15.2. The second kappa shape index (κ2) is 9.18. The topological polar surface area (TPSA) is 112 Å². The number of hydrogen-bond acceptors (Lipinski definition) is 5. The Kier molecular flexibility index (Phi) is 6.13. The number of amides is 2. The van der Waals surface area contributed by atoms with Crippen molar-refractivity contribution in [2.24, 2.45) is 5.73 Å². The molecule has 2 amide bonds. The first-order valence-electron chi connectivity index (χ1n) is 10.4. The van der Waals surface area contributed by atoms with Crippen LogP contribution in [0.3, 0.4) is 0 Å². The molecule has 174 valence electrons. The molecule has 0 saturated carbocycles. The lowest BCUT2D eigenvalue weighted by Crippen LogP contribution is -2.33. The smallest absolute Gasteiger partial charge is 0.325 e. The average molecular weight is 464 g/mol. The Bertz CT molecular complexity index is 1360. The van der Waals surface area contributed by atoms with Crippen molar-refractivity contribution in [3.05, 3.63) is 84.2 Å². The molecule has 4 N–H and O–H groups in total. The van der Waals surface area contributed by atoms with Crippen LogP contribution < -0.4 is 21.1 Å². The summed E-state index contributed by atoms with van der Waals surface area (Å²) in [6, 6.07) is 13.4. The van der Waals surface area contributed by atoms with E-state index in [1.165, 1.54) is 47.3 Å². The maximum atomic E-state index is 15.2. The summed E-state index contributed by atoms with van der Waals surface area (Å²) in [5.74, 6) is -0.305. The standard InChI is InChI=1S/C24H22F2N6O2/c1-14(2)20-13-23(32(30-20)16-5-3-4-15(25)10-16)31(24(28)33)21-7-6-17(11-19(21)26)34-18-8-9-29-22(27)12-18/h3-14H,1-2H3,(H2,27,29)(H2,28,33). The number of halogens is 2. The van der Waals surface area contributed by atoms with Crippen LogP contribution in [0.4, 0.5) is 30.9 Å². The van der Waals surface area contributed by atoms with E-state index in [-0.39, 0.29) is 29.0 Å². The molecule has 2 aromatic heterocycles. The van der Waals surface area contributed by atoms with Gasteiger partial charge in [0.05, 0.1) is 17.1 Å². The van der Waals surface area contributed by atoms with Gasteiger partial charge in [0.2, 0.25) is 0 Å². The molecular weight excluding hydrogens is 442 g/mol. The van der Waals surface area contributed by atoms with E-state index in [9.17, 15) is 9.18 Å². The number of nitrogens with two attached hydrogens (primary N) is 2. The van der Waals surface area contributed by atoms with Crippen molar-refractivity contribution in [2.45, 2.75) is 19.8 Å². The van der Waals surface area contributed by atoms with Gasteiger partial charge >= 0.3 is 6.03 Å². The molecule has 0 unspecified atom stereocenters. The third kappa shape index (κ3) is 4.65. The third-order valence-corrected chi connectivity index (χ3v) is 4.95. The summed E-state index contributed by atoms with van der Waals surface area (Å²) in [6.07, 6.45) is 1.46. The fourth-order valence-corrected chi connectivity index (χ4v) is 3.34. The number of carbonyl (C=O) groups is 1. The van der Waals surface area contributed by atoms with E-state index in [1.807, 2.05) is 13.8 Å². The van der Waals surface area contributed by atoms with Gasteiger partial charge in [0.25, 0.3) is 0 Å². The van der Waals surface area contributed by atoms with E-state index in [0.29, 0.717) is 17.1 Å². The van der Waals surface area contributed by atoms with Crippen molar-refractivity contribution < 1.29 is 18.3 Å².